The van der Waals surface area contributed by atoms with Gasteiger partial charge < -0.3 is 15.4 Å². The molecular weight excluding hydrogens is 368 g/mol. The second-order valence-electron chi connectivity index (χ2n) is 6.56. The third-order valence-corrected chi connectivity index (χ3v) is 4.30. The molecular formula is C23H22N2O4. The normalized spacial score (nSPS) is 10.3. The zero-order valence-corrected chi connectivity index (χ0v) is 15.9. The van der Waals surface area contributed by atoms with Crippen LogP contribution in [0.1, 0.15) is 11.1 Å². The minimum atomic E-state index is -0.540. The highest BCUT2D eigenvalue weighted by Crippen LogP contribution is 2.16. The van der Waals surface area contributed by atoms with Gasteiger partial charge in [-0.2, -0.15) is 0 Å². The van der Waals surface area contributed by atoms with E-state index in [0.29, 0.717) is 0 Å². The molecule has 3 aromatic rings. The van der Waals surface area contributed by atoms with Gasteiger partial charge in [-0.1, -0.05) is 66.7 Å². The van der Waals surface area contributed by atoms with E-state index in [1.807, 2.05) is 72.8 Å². The zero-order valence-electron chi connectivity index (χ0n) is 15.9. The summed E-state index contributed by atoms with van der Waals surface area (Å²) in [6.07, 6.45) is 0.196. The van der Waals surface area contributed by atoms with E-state index in [2.05, 4.69) is 10.6 Å². The summed E-state index contributed by atoms with van der Waals surface area (Å²) in [6.45, 7) is -0.308. The maximum atomic E-state index is 11.8. The van der Waals surface area contributed by atoms with Gasteiger partial charge in [-0.15, -0.1) is 0 Å². The Morgan fingerprint density at radius 3 is 2.17 bits per heavy atom. The van der Waals surface area contributed by atoms with E-state index in [4.69, 9.17) is 4.74 Å². The molecule has 0 heterocycles. The number of hydrogen-bond donors (Lipinski definition) is 2. The summed E-state index contributed by atoms with van der Waals surface area (Å²) >= 11 is 0. The molecule has 0 atom stereocenters. The van der Waals surface area contributed by atoms with Crippen LogP contribution in [-0.2, 0) is 32.1 Å². The van der Waals surface area contributed by atoms with Gasteiger partial charge in [-0.3, -0.25) is 14.4 Å². The van der Waals surface area contributed by atoms with Gasteiger partial charge in [0, 0.05) is 0 Å². The topological polar surface area (TPSA) is 84.5 Å². The van der Waals surface area contributed by atoms with Crippen LogP contribution in [0.5, 0.6) is 0 Å². The number of fused-ring (bicyclic) bond motifs is 1. The van der Waals surface area contributed by atoms with Crippen molar-refractivity contribution in [2.24, 2.45) is 0 Å². The Balaban J connectivity index is 1.35. The molecule has 0 aliphatic carbocycles. The molecule has 3 aromatic carbocycles. The molecule has 2 amide bonds. The summed E-state index contributed by atoms with van der Waals surface area (Å²) in [5.74, 6) is -1.25. The Kier molecular flexibility index (Phi) is 6.95. The van der Waals surface area contributed by atoms with Crippen molar-refractivity contribution < 1.29 is 19.1 Å². The van der Waals surface area contributed by atoms with Crippen molar-refractivity contribution in [3.05, 3.63) is 83.9 Å². The van der Waals surface area contributed by atoms with E-state index < -0.39 is 11.9 Å². The van der Waals surface area contributed by atoms with Crippen molar-refractivity contribution in [1.29, 1.82) is 0 Å². The number of carbonyl (C=O) groups is 3. The summed E-state index contributed by atoms with van der Waals surface area (Å²) in [5, 5.41) is 7.15. The van der Waals surface area contributed by atoms with Gasteiger partial charge >= 0.3 is 5.97 Å². The van der Waals surface area contributed by atoms with Crippen molar-refractivity contribution in [2.75, 3.05) is 13.1 Å². The molecule has 0 aliphatic heterocycles. The fourth-order valence-electron chi connectivity index (χ4n) is 2.80. The van der Waals surface area contributed by atoms with E-state index in [9.17, 15) is 14.4 Å². The average Bonchev–Trinajstić information content (AvgIpc) is 2.75. The summed E-state index contributed by atoms with van der Waals surface area (Å²) in [5.41, 5.74) is 1.74. The molecule has 0 aliphatic rings. The Morgan fingerprint density at radius 2 is 1.38 bits per heavy atom. The molecule has 0 radical (unpaired) electrons. The second-order valence-corrected chi connectivity index (χ2v) is 6.56. The van der Waals surface area contributed by atoms with Crippen LogP contribution in [0.25, 0.3) is 10.8 Å². The molecule has 0 unspecified atom stereocenters. The second kappa shape index (κ2) is 10.0. The van der Waals surface area contributed by atoms with Crippen LogP contribution in [0.4, 0.5) is 0 Å². The Hall–Kier alpha value is -3.67. The van der Waals surface area contributed by atoms with Gasteiger partial charge in [0.1, 0.15) is 13.2 Å². The van der Waals surface area contributed by atoms with Crippen LogP contribution in [0.2, 0.25) is 0 Å². The van der Waals surface area contributed by atoms with Gasteiger partial charge in [0.05, 0.1) is 13.0 Å². The molecule has 0 saturated carbocycles. The lowest BCUT2D eigenvalue weighted by atomic mass is 10.1. The van der Waals surface area contributed by atoms with Crippen molar-refractivity contribution in [3.63, 3.8) is 0 Å². The molecule has 3 rings (SSSR count). The number of amides is 2. The van der Waals surface area contributed by atoms with Crippen LogP contribution in [0.3, 0.4) is 0 Å². The zero-order chi connectivity index (χ0) is 20.5. The van der Waals surface area contributed by atoms with Crippen molar-refractivity contribution >= 4 is 28.6 Å². The molecule has 29 heavy (non-hydrogen) atoms. The predicted molar refractivity (Wildman–Crippen MR) is 110 cm³/mol. The lowest BCUT2D eigenvalue weighted by Crippen LogP contribution is -2.39. The standard InChI is InChI=1S/C23H22N2O4/c26-21(13-17-6-2-1-3-7-17)24-14-22(27)25-15-23(28)29-16-18-10-11-19-8-4-5-9-20(19)12-18/h1-12H,13-16H2,(H,24,26)(H,25,27). The minimum Gasteiger partial charge on any atom is -0.460 e. The molecule has 0 aromatic heterocycles. The Bertz CT molecular complexity index is 1000. The number of esters is 1. The number of nitrogens with one attached hydrogen (secondary N) is 2. The van der Waals surface area contributed by atoms with E-state index in [1.54, 1.807) is 0 Å². The van der Waals surface area contributed by atoms with Gasteiger partial charge in [0.15, 0.2) is 0 Å². The molecule has 0 saturated heterocycles. The quantitative estimate of drug-likeness (QED) is 0.579. The summed E-state index contributed by atoms with van der Waals surface area (Å²) < 4.78 is 5.19. The van der Waals surface area contributed by atoms with Crippen molar-refractivity contribution in [3.8, 4) is 0 Å². The molecule has 6 heteroatoms. The van der Waals surface area contributed by atoms with E-state index in [0.717, 1.165) is 21.9 Å². The summed E-state index contributed by atoms with van der Waals surface area (Å²) in [4.78, 5) is 35.5. The first-order chi connectivity index (χ1) is 14.1. The molecule has 0 spiro atoms. The maximum Gasteiger partial charge on any atom is 0.325 e. The van der Waals surface area contributed by atoms with Crippen molar-refractivity contribution in [1.82, 2.24) is 10.6 Å². The number of carbonyl (C=O) groups excluding carboxylic acids is 3. The first kappa shape index (κ1) is 20.1. The van der Waals surface area contributed by atoms with Crippen LogP contribution in [0, 0.1) is 0 Å². The minimum absolute atomic E-state index is 0.132. The first-order valence-electron chi connectivity index (χ1n) is 9.31. The molecule has 148 valence electrons. The molecule has 0 bridgehead atoms. The van der Waals surface area contributed by atoms with Crippen LogP contribution < -0.4 is 10.6 Å². The number of ether oxygens (including phenoxy) is 1. The third kappa shape index (κ3) is 6.46. The van der Waals surface area contributed by atoms with Crippen LogP contribution in [0.15, 0.2) is 72.8 Å². The highest BCUT2D eigenvalue weighted by atomic mass is 16.5. The monoisotopic (exact) mass is 390 g/mol. The van der Waals surface area contributed by atoms with Crippen LogP contribution in [-0.4, -0.2) is 30.9 Å². The van der Waals surface area contributed by atoms with E-state index in [1.165, 1.54) is 0 Å². The van der Waals surface area contributed by atoms with Gasteiger partial charge in [0.25, 0.3) is 0 Å². The maximum absolute atomic E-state index is 11.8. The molecule has 2 N–H and O–H groups in total. The molecule has 6 nitrogen and oxygen atoms in total. The smallest absolute Gasteiger partial charge is 0.325 e. The Morgan fingerprint density at radius 1 is 0.690 bits per heavy atom. The average molecular weight is 390 g/mol. The fourth-order valence-corrected chi connectivity index (χ4v) is 2.80. The number of hydrogen-bond acceptors (Lipinski definition) is 4. The largest absolute Gasteiger partial charge is 0.460 e. The highest BCUT2D eigenvalue weighted by Gasteiger charge is 2.09. The van der Waals surface area contributed by atoms with Gasteiger partial charge in [-0.05, 0) is 28.0 Å². The van der Waals surface area contributed by atoms with Crippen molar-refractivity contribution in [2.45, 2.75) is 13.0 Å². The van der Waals surface area contributed by atoms with E-state index in [-0.39, 0.29) is 32.0 Å². The first-order valence-corrected chi connectivity index (χ1v) is 9.31. The lowest BCUT2D eigenvalue weighted by Gasteiger charge is -2.08. The molecule has 0 fully saturated rings. The lowest BCUT2D eigenvalue weighted by molar-refractivity contribution is -0.145. The SMILES string of the molecule is O=C(CNC(=O)Cc1ccccc1)NCC(=O)OCc1ccc2ccccc2c1. The Labute approximate surface area is 168 Å². The third-order valence-electron chi connectivity index (χ3n) is 4.30. The van der Waals surface area contributed by atoms with Gasteiger partial charge in [0.2, 0.25) is 11.8 Å². The highest BCUT2D eigenvalue weighted by molar-refractivity contribution is 5.87. The number of benzene rings is 3. The van der Waals surface area contributed by atoms with E-state index >= 15 is 0 Å². The fraction of sp³-hybridized carbons (Fsp3) is 0.174. The predicted octanol–water partition coefficient (Wildman–Crippen LogP) is 2.36. The summed E-state index contributed by atoms with van der Waals surface area (Å²) in [7, 11) is 0. The number of rotatable bonds is 8. The summed E-state index contributed by atoms with van der Waals surface area (Å²) in [6, 6.07) is 23.0. The van der Waals surface area contributed by atoms with Crippen LogP contribution >= 0.6 is 0 Å². The van der Waals surface area contributed by atoms with Gasteiger partial charge in [-0.25, -0.2) is 0 Å².